The van der Waals surface area contributed by atoms with E-state index in [1.807, 2.05) is 71.6 Å². The van der Waals surface area contributed by atoms with E-state index in [0.717, 1.165) is 45.9 Å². The van der Waals surface area contributed by atoms with Gasteiger partial charge in [-0.3, -0.25) is 9.69 Å². The first-order valence-corrected chi connectivity index (χ1v) is 11.9. The van der Waals surface area contributed by atoms with Gasteiger partial charge >= 0.3 is 0 Å². The van der Waals surface area contributed by atoms with Gasteiger partial charge in [0.05, 0.1) is 28.8 Å². The van der Waals surface area contributed by atoms with Crippen LogP contribution in [0.5, 0.6) is 0 Å². The highest BCUT2D eigenvalue weighted by molar-refractivity contribution is 7.22. The molecular weight excluding hydrogens is 416 g/mol. The zero-order chi connectivity index (χ0) is 21.9. The minimum Gasteiger partial charge on any atom is -0.376 e. The molecule has 4 aromatic rings. The summed E-state index contributed by atoms with van der Waals surface area (Å²) in [5.41, 5.74) is 4.09. The number of amides is 1. The number of hydrogen-bond donors (Lipinski definition) is 0. The number of carbonyl (C=O) groups excluding carboxylic acids is 1. The summed E-state index contributed by atoms with van der Waals surface area (Å²) >= 11 is 1.58. The molecule has 0 bridgehead atoms. The molecule has 1 atom stereocenters. The smallest absolute Gasteiger partial charge is 0.240 e. The molecule has 0 aliphatic carbocycles. The number of anilines is 1. The molecular formula is C27H26N2O2S. The lowest BCUT2D eigenvalue weighted by Crippen LogP contribution is -2.40. The second kappa shape index (κ2) is 9.23. The van der Waals surface area contributed by atoms with Crippen LogP contribution in [-0.4, -0.2) is 30.1 Å². The van der Waals surface area contributed by atoms with Crippen molar-refractivity contribution >= 4 is 32.6 Å². The fraction of sp³-hybridized carbons (Fsp3) is 0.259. The van der Waals surface area contributed by atoms with E-state index in [1.54, 1.807) is 11.3 Å². The number of thiazole rings is 1. The third kappa shape index (κ3) is 4.31. The third-order valence-corrected chi connectivity index (χ3v) is 6.99. The van der Waals surface area contributed by atoms with Crippen molar-refractivity contribution in [1.29, 1.82) is 0 Å². The number of nitrogens with zero attached hydrogens (tertiary/aromatic N) is 2. The van der Waals surface area contributed by atoms with Gasteiger partial charge in [-0.2, -0.15) is 0 Å². The zero-order valence-electron chi connectivity index (χ0n) is 18.1. The van der Waals surface area contributed by atoms with E-state index in [9.17, 15) is 4.79 Å². The molecule has 1 amide bonds. The van der Waals surface area contributed by atoms with Crippen molar-refractivity contribution in [2.75, 3.05) is 18.1 Å². The van der Waals surface area contributed by atoms with Crippen molar-refractivity contribution in [3.8, 4) is 0 Å². The second-order valence-corrected chi connectivity index (χ2v) is 9.31. The van der Waals surface area contributed by atoms with Crippen LogP contribution in [0.15, 0.2) is 78.9 Å². The molecule has 32 heavy (non-hydrogen) atoms. The lowest BCUT2D eigenvalue weighted by molar-refractivity contribution is -0.119. The SMILES string of the molecule is Cc1ccc2nc(N(CC3CCCO3)C(=O)C(c3ccccc3)c3ccccc3)sc2c1. The first-order chi connectivity index (χ1) is 15.7. The molecule has 162 valence electrons. The van der Waals surface area contributed by atoms with Crippen molar-refractivity contribution in [3.05, 3.63) is 95.6 Å². The van der Waals surface area contributed by atoms with E-state index in [4.69, 9.17) is 9.72 Å². The minimum atomic E-state index is -0.396. The van der Waals surface area contributed by atoms with E-state index in [2.05, 4.69) is 19.1 Å². The normalized spacial score (nSPS) is 16.0. The van der Waals surface area contributed by atoms with E-state index >= 15 is 0 Å². The molecule has 0 N–H and O–H groups in total. The largest absolute Gasteiger partial charge is 0.376 e. The molecule has 3 aromatic carbocycles. The first kappa shape index (κ1) is 20.9. The van der Waals surface area contributed by atoms with E-state index < -0.39 is 5.92 Å². The van der Waals surface area contributed by atoms with Crippen LogP contribution in [-0.2, 0) is 9.53 Å². The van der Waals surface area contributed by atoms with Crippen molar-refractivity contribution in [2.45, 2.75) is 31.8 Å². The molecule has 1 aromatic heterocycles. The van der Waals surface area contributed by atoms with Crippen LogP contribution in [0.3, 0.4) is 0 Å². The van der Waals surface area contributed by atoms with Crippen molar-refractivity contribution in [1.82, 2.24) is 4.98 Å². The van der Waals surface area contributed by atoms with Crippen LogP contribution in [0, 0.1) is 6.92 Å². The summed E-state index contributed by atoms with van der Waals surface area (Å²) in [7, 11) is 0. The Morgan fingerprint density at radius 3 is 2.38 bits per heavy atom. The number of hydrogen-bond acceptors (Lipinski definition) is 4. The average molecular weight is 443 g/mol. The van der Waals surface area contributed by atoms with Gasteiger partial charge in [-0.15, -0.1) is 0 Å². The maximum atomic E-state index is 14.2. The number of aromatic nitrogens is 1. The van der Waals surface area contributed by atoms with Gasteiger partial charge in [0.2, 0.25) is 5.91 Å². The molecule has 1 unspecified atom stereocenters. The second-order valence-electron chi connectivity index (χ2n) is 8.31. The van der Waals surface area contributed by atoms with Crippen molar-refractivity contribution in [2.24, 2.45) is 0 Å². The first-order valence-electron chi connectivity index (χ1n) is 11.1. The Labute approximate surface area is 192 Å². The molecule has 0 spiro atoms. The van der Waals surface area contributed by atoms with Crippen LogP contribution in [0.1, 0.15) is 35.4 Å². The zero-order valence-corrected chi connectivity index (χ0v) is 18.9. The van der Waals surface area contributed by atoms with Gasteiger partial charge in [0.1, 0.15) is 0 Å². The predicted molar refractivity (Wildman–Crippen MR) is 130 cm³/mol. The fourth-order valence-electron chi connectivity index (χ4n) is 4.31. The maximum absolute atomic E-state index is 14.2. The number of benzene rings is 3. The Morgan fingerprint density at radius 2 is 1.75 bits per heavy atom. The van der Waals surface area contributed by atoms with Gasteiger partial charge in [-0.25, -0.2) is 4.98 Å². The Morgan fingerprint density at radius 1 is 1.06 bits per heavy atom. The van der Waals surface area contributed by atoms with E-state index in [1.165, 1.54) is 5.56 Å². The Bertz CT molecular complexity index is 1160. The highest BCUT2D eigenvalue weighted by Gasteiger charge is 2.32. The lowest BCUT2D eigenvalue weighted by Gasteiger charge is -2.28. The highest BCUT2D eigenvalue weighted by Crippen LogP contribution is 2.34. The van der Waals surface area contributed by atoms with Crippen LogP contribution in [0.2, 0.25) is 0 Å². The molecule has 2 heterocycles. The summed E-state index contributed by atoms with van der Waals surface area (Å²) in [6, 6.07) is 26.3. The van der Waals surface area contributed by atoms with Gasteiger partial charge in [-0.1, -0.05) is 78.1 Å². The standard InChI is InChI=1S/C27H26N2O2S/c1-19-14-15-23-24(17-19)32-27(28-23)29(18-22-13-8-16-31-22)26(30)25(20-9-4-2-5-10-20)21-11-6-3-7-12-21/h2-7,9-12,14-15,17,22,25H,8,13,16,18H2,1H3. The number of ether oxygens (including phenoxy) is 1. The van der Waals surface area contributed by atoms with Crippen LogP contribution in [0.4, 0.5) is 5.13 Å². The number of rotatable bonds is 6. The van der Waals surface area contributed by atoms with Crippen LogP contribution < -0.4 is 4.90 Å². The van der Waals surface area contributed by atoms with E-state index in [0.29, 0.717) is 6.54 Å². The molecule has 0 radical (unpaired) electrons. The van der Waals surface area contributed by atoms with Crippen LogP contribution in [0.25, 0.3) is 10.2 Å². The Kier molecular flexibility index (Phi) is 6.02. The summed E-state index contributed by atoms with van der Waals surface area (Å²) in [5.74, 6) is -0.360. The molecule has 0 saturated carbocycles. The summed E-state index contributed by atoms with van der Waals surface area (Å²) in [5, 5.41) is 0.739. The van der Waals surface area contributed by atoms with Gasteiger partial charge in [0, 0.05) is 6.61 Å². The molecule has 1 aliphatic heterocycles. The van der Waals surface area contributed by atoms with Gasteiger partial charge < -0.3 is 4.74 Å². The van der Waals surface area contributed by atoms with Gasteiger partial charge in [0.15, 0.2) is 5.13 Å². The molecule has 4 nitrogen and oxygen atoms in total. The topological polar surface area (TPSA) is 42.4 Å². The van der Waals surface area contributed by atoms with Crippen molar-refractivity contribution in [3.63, 3.8) is 0 Å². The number of fused-ring (bicyclic) bond motifs is 1. The van der Waals surface area contributed by atoms with Crippen molar-refractivity contribution < 1.29 is 9.53 Å². The number of aryl methyl sites for hydroxylation is 1. The Hall–Kier alpha value is -3.02. The maximum Gasteiger partial charge on any atom is 0.240 e. The Balaban J connectivity index is 1.58. The average Bonchev–Trinajstić information content (AvgIpc) is 3.48. The monoisotopic (exact) mass is 442 g/mol. The highest BCUT2D eigenvalue weighted by atomic mass is 32.1. The molecule has 1 aliphatic rings. The van der Waals surface area contributed by atoms with Crippen LogP contribution >= 0.6 is 11.3 Å². The molecule has 1 fully saturated rings. The fourth-order valence-corrected chi connectivity index (χ4v) is 5.39. The summed E-state index contributed by atoms with van der Waals surface area (Å²) in [4.78, 5) is 20.9. The molecule has 5 heteroatoms. The summed E-state index contributed by atoms with van der Waals surface area (Å²) in [6.45, 7) is 3.36. The molecule has 1 saturated heterocycles. The van der Waals surface area contributed by atoms with Gasteiger partial charge in [-0.05, 0) is 48.6 Å². The minimum absolute atomic E-state index is 0.0358. The molecule has 5 rings (SSSR count). The van der Waals surface area contributed by atoms with Gasteiger partial charge in [0.25, 0.3) is 0 Å². The third-order valence-electron chi connectivity index (χ3n) is 5.95. The number of carbonyl (C=O) groups is 1. The summed E-state index contributed by atoms with van der Waals surface area (Å²) < 4.78 is 7.02. The quantitative estimate of drug-likeness (QED) is 0.371. The lowest BCUT2D eigenvalue weighted by atomic mass is 9.90. The predicted octanol–water partition coefficient (Wildman–Crippen LogP) is 5.95. The van der Waals surface area contributed by atoms with E-state index in [-0.39, 0.29) is 12.0 Å². The summed E-state index contributed by atoms with van der Waals surface area (Å²) in [6.07, 6.45) is 2.04.